The molecule has 0 fully saturated rings. The quantitative estimate of drug-likeness (QED) is 0.783. The summed E-state index contributed by atoms with van der Waals surface area (Å²) < 4.78 is 37.6. The van der Waals surface area contributed by atoms with Crippen LogP contribution in [0.3, 0.4) is 0 Å². The van der Waals surface area contributed by atoms with Crippen molar-refractivity contribution in [3.63, 3.8) is 0 Å². The fraction of sp³-hybridized carbons (Fsp3) is 0.538. The first-order valence-electron chi connectivity index (χ1n) is 5.71. The molecular weight excluding hydrogens is 227 g/mol. The Kier molecular flexibility index (Phi) is 4.57. The van der Waals surface area contributed by atoms with E-state index in [4.69, 9.17) is 0 Å². The van der Waals surface area contributed by atoms with Crippen molar-refractivity contribution in [3.05, 3.63) is 35.4 Å². The molecule has 0 heterocycles. The number of halogens is 3. The Labute approximate surface area is 100 Å². The van der Waals surface area contributed by atoms with Crippen molar-refractivity contribution < 1.29 is 13.2 Å². The molecule has 96 valence electrons. The average Bonchev–Trinajstić information content (AvgIpc) is 2.27. The number of hydrogen-bond acceptors (Lipinski definition) is 1. The van der Waals surface area contributed by atoms with Crippen LogP contribution in [0.4, 0.5) is 13.2 Å². The third kappa shape index (κ3) is 4.04. The Morgan fingerprint density at radius 2 is 1.94 bits per heavy atom. The van der Waals surface area contributed by atoms with Gasteiger partial charge in [-0.3, -0.25) is 0 Å². The zero-order valence-corrected chi connectivity index (χ0v) is 10.4. The SMILES string of the molecule is CCN(C)C(C)Cc1cccc(C(F)(F)F)c1. The van der Waals surface area contributed by atoms with Crippen LogP contribution < -0.4 is 0 Å². The Hall–Kier alpha value is -1.03. The predicted molar refractivity (Wildman–Crippen MR) is 62.9 cm³/mol. The highest BCUT2D eigenvalue weighted by Gasteiger charge is 2.30. The molecule has 0 bridgehead atoms. The number of hydrogen-bond donors (Lipinski definition) is 0. The first kappa shape index (κ1) is 14.0. The number of rotatable bonds is 4. The van der Waals surface area contributed by atoms with E-state index in [9.17, 15) is 13.2 Å². The van der Waals surface area contributed by atoms with E-state index in [1.54, 1.807) is 6.07 Å². The molecule has 1 rings (SSSR count). The van der Waals surface area contributed by atoms with Crippen molar-refractivity contribution in [2.24, 2.45) is 0 Å². The van der Waals surface area contributed by atoms with Gasteiger partial charge < -0.3 is 4.90 Å². The second kappa shape index (κ2) is 5.54. The summed E-state index contributed by atoms with van der Waals surface area (Å²) in [5, 5.41) is 0. The molecule has 1 unspecified atom stereocenters. The van der Waals surface area contributed by atoms with E-state index in [1.165, 1.54) is 12.1 Å². The molecule has 0 aliphatic carbocycles. The molecule has 0 N–H and O–H groups in total. The summed E-state index contributed by atoms with van der Waals surface area (Å²) in [6, 6.07) is 5.80. The normalized spacial score (nSPS) is 14.1. The fourth-order valence-corrected chi connectivity index (χ4v) is 1.68. The van der Waals surface area contributed by atoms with Gasteiger partial charge in [0.2, 0.25) is 0 Å². The molecule has 0 spiro atoms. The van der Waals surface area contributed by atoms with Crippen LogP contribution in [0.1, 0.15) is 25.0 Å². The van der Waals surface area contributed by atoms with Gasteiger partial charge in [-0.15, -0.1) is 0 Å². The lowest BCUT2D eigenvalue weighted by Crippen LogP contribution is -2.30. The van der Waals surface area contributed by atoms with E-state index < -0.39 is 11.7 Å². The van der Waals surface area contributed by atoms with Crippen molar-refractivity contribution in [2.45, 2.75) is 32.5 Å². The van der Waals surface area contributed by atoms with Crippen LogP contribution in [-0.2, 0) is 12.6 Å². The van der Waals surface area contributed by atoms with Crippen LogP contribution in [0.5, 0.6) is 0 Å². The Morgan fingerprint density at radius 3 is 2.47 bits per heavy atom. The molecule has 0 aromatic heterocycles. The molecule has 0 saturated carbocycles. The molecule has 0 saturated heterocycles. The topological polar surface area (TPSA) is 3.24 Å². The van der Waals surface area contributed by atoms with Gasteiger partial charge in [-0.1, -0.05) is 25.1 Å². The second-order valence-electron chi connectivity index (χ2n) is 4.32. The first-order valence-corrected chi connectivity index (χ1v) is 5.71. The molecule has 0 aliphatic rings. The minimum absolute atomic E-state index is 0.239. The van der Waals surface area contributed by atoms with Gasteiger partial charge in [-0.05, 0) is 38.6 Å². The molecule has 1 atom stereocenters. The van der Waals surface area contributed by atoms with Crippen molar-refractivity contribution in [1.29, 1.82) is 0 Å². The predicted octanol–water partition coefficient (Wildman–Crippen LogP) is 3.59. The largest absolute Gasteiger partial charge is 0.416 e. The van der Waals surface area contributed by atoms with E-state index in [1.807, 2.05) is 20.9 Å². The third-order valence-corrected chi connectivity index (χ3v) is 3.04. The number of alkyl halides is 3. The second-order valence-corrected chi connectivity index (χ2v) is 4.32. The minimum atomic E-state index is -4.25. The van der Waals surface area contributed by atoms with Gasteiger partial charge in [0.25, 0.3) is 0 Å². The van der Waals surface area contributed by atoms with Gasteiger partial charge in [0.05, 0.1) is 5.56 Å². The Morgan fingerprint density at radius 1 is 1.29 bits per heavy atom. The third-order valence-electron chi connectivity index (χ3n) is 3.04. The smallest absolute Gasteiger partial charge is 0.304 e. The monoisotopic (exact) mass is 245 g/mol. The minimum Gasteiger partial charge on any atom is -0.304 e. The summed E-state index contributed by atoms with van der Waals surface area (Å²) in [5.41, 5.74) is 0.161. The highest BCUT2D eigenvalue weighted by Crippen LogP contribution is 2.29. The van der Waals surface area contributed by atoms with Crippen LogP contribution in [-0.4, -0.2) is 24.5 Å². The highest BCUT2D eigenvalue weighted by molar-refractivity contribution is 5.26. The molecule has 1 aromatic carbocycles. The van der Waals surface area contributed by atoms with E-state index in [2.05, 4.69) is 4.90 Å². The van der Waals surface area contributed by atoms with Gasteiger partial charge in [-0.2, -0.15) is 13.2 Å². The Bertz CT molecular complexity index is 360. The fourth-order valence-electron chi connectivity index (χ4n) is 1.68. The lowest BCUT2D eigenvalue weighted by Gasteiger charge is -2.23. The van der Waals surface area contributed by atoms with Crippen molar-refractivity contribution in [2.75, 3.05) is 13.6 Å². The van der Waals surface area contributed by atoms with Gasteiger partial charge >= 0.3 is 6.18 Å². The molecule has 0 radical (unpaired) electrons. The van der Waals surface area contributed by atoms with Crippen LogP contribution in [0, 0.1) is 0 Å². The maximum absolute atomic E-state index is 12.5. The summed E-state index contributed by atoms with van der Waals surface area (Å²) >= 11 is 0. The molecule has 0 aliphatic heterocycles. The van der Waals surface area contributed by atoms with Gasteiger partial charge in [-0.25, -0.2) is 0 Å². The van der Waals surface area contributed by atoms with Gasteiger partial charge in [0.15, 0.2) is 0 Å². The first-order chi connectivity index (χ1) is 7.84. The van der Waals surface area contributed by atoms with E-state index in [0.717, 1.165) is 18.2 Å². The van der Waals surface area contributed by atoms with Crippen LogP contribution in [0.2, 0.25) is 0 Å². The lowest BCUT2D eigenvalue weighted by atomic mass is 10.0. The molecule has 4 heteroatoms. The average molecular weight is 245 g/mol. The zero-order valence-electron chi connectivity index (χ0n) is 10.4. The maximum Gasteiger partial charge on any atom is 0.416 e. The lowest BCUT2D eigenvalue weighted by molar-refractivity contribution is -0.137. The number of benzene rings is 1. The summed E-state index contributed by atoms with van der Waals surface area (Å²) in [4.78, 5) is 2.11. The van der Waals surface area contributed by atoms with Crippen LogP contribution in [0.25, 0.3) is 0 Å². The molecule has 0 amide bonds. The Balaban J connectivity index is 2.79. The van der Waals surface area contributed by atoms with E-state index in [0.29, 0.717) is 6.42 Å². The van der Waals surface area contributed by atoms with Gasteiger partial charge in [0.1, 0.15) is 0 Å². The van der Waals surface area contributed by atoms with E-state index >= 15 is 0 Å². The van der Waals surface area contributed by atoms with E-state index in [-0.39, 0.29) is 6.04 Å². The van der Waals surface area contributed by atoms with Crippen molar-refractivity contribution in [1.82, 2.24) is 4.90 Å². The molecule has 1 nitrogen and oxygen atoms in total. The summed E-state index contributed by atoms with van der Waals surface area (Å²) in [5.74, 6) is 0. The van der Waals surface area contributed by atoms with Crippen LogP contribution in [0.15, 0.2) is 24.3 Å². The standard InChI is InChI=1S/C13H18F3N/c1-4-17(3)10(2)8-11-6-5-7-12(9-11)13(14,15)16/h5-7,9-10H,4,8H2,1-3H3. The maximum atomic E-state index is 12.5. The zero-order chi connectivity index (χ0) is 13.1. The summed E-state index contributed by atoms with van der Waals surface area (Å²) in [7, 11) is 1.97. The summed E-state index contributed by atoms with van der Waals surface area (Å²) in [6.45, 7) is 4.94. The molecule has 17 heavy (non-hydrogen) atoms. The summed E-state index contributed by atoms with van der Waals surface area (Å²) in [6.07, 6.45) is -3.62. The number of nitrogens with zero attached hydrogens (tertiary/aromatic N) is 1. The molecule has 1 aromatic rings. The highest BCUT2D eigenvalue weighted by atomic mass is 19.4. The number of likely N-dealkylation sites (N-methyl/N-ethyl adjacent to an activating group) is 1. The molecular formula is C13H18F3N. The van der Waals surface area contributed by atoms with Gasteiger partial charge in [0, 0.05) is 6.04 Å². The van der Waals surface area contributed by atoms with Crippen molar-refractivity contribution >= 4 is 0 Å². The van der Waals surface area contributed by atoms with Crippen molar-refractivity contribution in [3.8, 4) is 0 Å². The van der Waals surface area contributed by atoms with Crippen LogP contribution >= 0.6 is 0 Å².